The highest BCUT2D eigenvalue weighted by Gasteiger charge is 2.29. The normalized spacial score (nSPS) is 11.1. The number of ether oxygens (including phenoxy) is 2. The number of hydrogen-bond acceptors (Lipinski definition) is 8. The molecule has 0 fully saturated rings. The Labute approximate surface area is 163 Å². The van der Waals surface area contributed by atoms with Crippen LogP contribution in [0.25, 0.3) is 10.9 Å². The number of fused-ring (bicyclic) bond motifs is 1. The average molecular weight is 421 g/mol. The van der Waals surface area contributed by atoms with Crippen LogP contribution in [0.15, 0.2) is 35.2 Å². The number of hydrogen-bond donors (Lipinski definition) is 4. The summed E-state index contributed by atoms with van der Waals surface area (Å²) in [4.78, 5) is 33.3. The summed E-state index contributed by atoms with van der Waals surface area (Å²) >= 11 is 0. The molecule has 3 aromatic rings. The highest BCUT2D eigenvalue weighted by molar-refractivity contribution is 7.90. The monoisotopic (exact) mass is 421 g/mol. The molecule has 3 rings (SSSR count). The van der Waals surface area contributed by atoms with Crippen LogP contribution in [0.2, 0.25) is 0 Å². The van der Waals surface area contributed by atoms with Gasteiger partial charge in [0.2, 0.25) is 17.7 Å². The van der Waals surface area contributed by atoms with Crippen molar-refractivity contribution in [1.82, 2.24) is 19.7 Å². The third-order valence-corrected chi connectivity index (χ3v) is 5.11. The summed E-state index contributed by atoms with van der Waals surface area (Å²) in [7, 11) is -1.89. The molecule has 0 spiro atoms. The van der Waals surface area contributed by atoms with Crippen LogP contribution in [0.3, 0.4) is 0 Å². The Balaban J connectivity index is 1.92. The van der Waals surface area contributed by atoms with E-state index in [9.17, 15) is 23.1 Å². The Hall–Kier alpha value is -3.87. The zero-order valence-corrected chi connectivity index (χ0v) is 15.9. The lowest BCUT2D eigenvalue weighted by Crippen LogP contribution is -2.35. The minimum atomic E-state index is -4.56. The molecule has 2 heterocycles. The summed E-state index contributed by atoms with van der Waals surface area (Å²) < 4.78 is 37.1. The number of nitrogens with one attached hydrogen (secondary N) is 3. The van der Waals surface area contributed by atoms with E-state index in [4.69, 9.17) is 9.47 Å². The number of urea groups is 1. The van der Waals surface area contributed by atoms with Crippen molar-refractivity contribution in [2.45, 2.75) is 4.90 Å². The van der Waals surface area contributed by atoms with Crippen LogP contribution in [0, 0.1) is 0 Å². The predicted molar refractivity (Wildman–Crippen MR) is 99.7 cm³/mol. The Morgan fingerprint density at radius 3 is 2.31 bits per heavy atom. The lowest BCUT2D eigenvalue weighted by Gasteiger charge is -2.09. The van der Waals surface area contributed by atoms with E-state index in [1.54, 1.807) is 10.8 Å². The number of sulfonamides is 1. The number of para-hydroxylation sites is 1. The first-order chi connectivity index (χ1) is 13.7. The standard InChI is InChI=1S/C16H15N5O7S/c1-27-10-7-11(28-2)19-15(18-10)20-16(24)21-29(25,26)13-8-5-3-4-6-9(8)17-12(13)14(22)23/h3-7,17H,1-2H3,(H,22,23)(H2,18,19,20,21,24). The fourth-order valence-corrected chi connectivity index (χ4v) is 3.79. The van der Waals surface area contributed by atoms with Crippen LogP contribution in [0.4, 0.5) is 10.7 Å². The number of carbonyl (C=O) groups excluding carboxylic acids is 1. The third-order valence-electron chi connectivity index (χ3n) is 3.69. The van der Waals surface area contributed by atoms with Gasteiger partial charge in [-0.05, 0) is 6.07 Å². The number of aromatic carboxylic acids is 1. The van der Waals surface area contributed by atoms with Crippen molar-refractivity contribution >= 4 is 38.9 Å². The molecule has 152 valence electrons. The fraction of sp³-hybridized carbons (Fsp3) is 0.125. The number of carboxylic acid groups (broad SMARTS) is 1. The molecule has 29 heavy (non-hydrogen) atoms. The van der Waals surface area contributed by atoms with Gasteiger partial charge in [0.25, 0.3) is 10.0 Å². The smallest absolute Gasteiger partial charge is 0.353 e. The highest BCUT2D eigenvalue weighted by Crippen LogP contribution is 2.27. The molecule has 0 unspecified atom stereocenters. The second kappa shape index (κ2) is 7.63. The minimum Gasteiger partial charge on any atom is -0.481 e. The third kappa shape index (κ3) is 4.03. The van der Waals surface area contributed by atoms with Crippen LogP contribution in [-0.4, -0.2) is 54.7 Å². The van der Waals surface area contributed by atoms with E-state index < -0.39 is 32.6 Å². The molecule has 0 bridgehead atoms. The van der Waals surface area contributed by atoms with Gasteiger partial charge in [-0.1, -0.05) is 18.2 Å². The summed E-state index contributed by atoms with van der Waals surface area (Å²) in [5.74, 6) is -1.64. The van der Waals surface area contributed by atoms with Crippen molar-refractivity contribution in [2.24, 2.45) is 0 Å². The maximum absolute atomic E-state index is 12.7. The zero-order chi connectivity index (χ0) is 21.2. The van der Waals surface area contributed by atoms with Gasteiger partial charge in [0, 0.05) is 10.9 Å². The van der Waals surface area contributed by atoms with E-state index in [1.165, 1.54) is 38.5 Å². The first-order valence-corrected chi connectivity index (χ1v) is 9.38. The number of carboxylic acids is 1. The fourth-order valence-electron chi connectivity index (χ4n) is 2.52. The maximum Gasteiger partial charge on any atom is 0.353 e. The summed E-state index contributed by atoms with van der Waals surface area (Å²) in [5, 5.41) is 11.6. The van der Waals surface area contributed by atoms with Gasteiger partial charge in [-0.15, -0.1) is 0 Å². The average Bonchev–Trinajstić information content (AvgIpc) is 3.08. The van der Waals surface area contributed by atoms with E-state index in [2.05, 4.69) is 20.3 Å². The Bertz CT molecular complexity index is 1180. The molecular formula is C16H15N5O7S. The van der Waals surface area contributed by atoms with Gasteiger partial charge in [-0.3, -0.25) is 5.32 Å². The highest BCUT2D eigenvalue weighted by atomic mass is 32.2. The SMILES string of the molecule is COc1cc(OC)nc(NC(=O)NS(=O)(=O)c2c(C(=O)O)[nH]c3ccccc23)n1. The van der Waals surface area contributed by atoms with E-state index in [0.717, 1.165) is 0 Å². The molecule has 0 aliphatic heterocycles. The Morgan fingerprint density at radius 2 is 1.72 bits per heavy atom. The molecular weight excluding hydrogens is 406 g/mol. The Morgan fingerprint density at radius 1 is 1.10 bits per heavy atom. The van der Waals surface area contributed by atoms with E-state index in [0.29, 0.717) is 0 Å². The van der Waals surface area contributed by atoms with Crippen LogP contribution in [0.5, 0.6) is 11.8 Å². The van der Waals surface area contributed by atoms with Crippen molar-refractivity contribution in [3.8, 4) is 11.8 Å². The molecule has 4 N–H and O–H groups in total. The van der Waals surface area contributed by atoms with Crippen molar-refractivity contribution < 1.29 is 32.6 Å². The molecule has 0 radical (unpaired) electrons. The van der Waals surface area contributed by atoms with Crippen LogP contribution in [0.1, 0.15) is 10.5 Å². The number of nitrogens with zero attached hydrogens (tertiary/aromatic N) is 2. The van der Waals surface area contributed by atoms with Crippen molar-refractivity contribution in [3.05, 3.63) is 36.0 Å². The van der Waals surface area contributed by atoms with Gasteiger partial charge in [0.1, 0.15) is 10.6 Å². The molecule has 2 amide bonds. The van der Waals surface area contributed by atoms with Gasteiger partial charge in [0.05, 0.1) is 20.3 Å². The molecule has 13 heteroatoms. The largest absolute Gasteiger partial charge is 0.481 e. The summed E-state index contributed by atoms with van der Waals surface area (Å²) in [5.41, 5.74) is -0.294. The van der Waals surface area contributed by atoms with Gasteiger partial charge in [-0.2, -0.15) is 9.97 Å². The van der Waals surface area contributed by atoms with Gasteiger partial charge in [0.15, 0.2) is 0 Å². The first kappa shape index (κ1) is 19.9. The maximum atomic E-state index is 12.7. The second-order valence-corrected chi connectivity index (χ2v) is 7.14. The lowest BCUT2D eigenvalue weighted by molar-refractivity contribution is 0.0687. The lowest BCUT2D eigenvalue weighted by atomic mass is 10.2. The van der Waals surface area contributed by atoms with Gasteiger partial charge < -0.3 is 19.6 Å². The number of H-pyrrole nitrogens is 1. The number of carbonyl (C=O) groups is 2. The van der Waals surface area contributed by atoms with Crippen LogP contribution < -0.4 is 19.5 Å². The Kier molecular flexibility index (Phi) is 5.23. The quantitative estimate of drug-likeness (QED) is 0.456. The topological polar surface area (TPSA) is 173 Å². The van der Waals surface area contributed by atoms with Crippen molar-refractivity contribution in [3.63, 3.8) is 0 Å². The number of rotatable bonds is 6. The van der Waals surface area contributed by atoms with Crippen LogP contribution in [-0.2, 0) is 10.0 Å². The van der Waals surface area contributed by atoms with E-state index >= 15 is 0 Å². The molecule has 2 aromatic heterocycles. The summed E-state index contributed by atoms with van der Waals surface area (Å²) in [6.45, 7) is 0. The molecule has 0 saturated carbocycles. The molecule has 1 aromatic carbocycles. The summed E-state index contributed by atoms with van der Waals surface area (Å²) in [6, 6.07) is 6.22. The molecule has 0 aliphatic rings. The van der Waals surface area contributed by atoms with Crippen molar-refractivity contribution in [2.75, 3.05) is 19.5 Å². The number of methoxy groups -OCH3 is 2. The second-order valence-electron chi connectivity index (χ2n) is 5.52. The number of aromatic nitrogens is 3. The number of anilines is 1. The first-order valence-electron chi connectivity index (χ1n) is 7.90. The van der Waals surface area contributed by atoms with E-state index in [1.807, 2.05) is 0 Å². The molecule has 0 atom stereocenters. The number of aromatic amines is 1. The van der Waals surface area contributed by atoms with Crippen LogP contribution >= 0.6 is 0 Å². The molecule has 12 nitrogen and oxygen atoms in total. The minimum absolute atomic E-state index is 0.0693. The zero-order valence-electron chi connectivity index (χ0n) is 15.1. The van der Waals surface area contributed by atoms with E-state index in [-0.39, 0.29) is 28.6 Å². The summed E-state index contributed by atoms with van der Waals surface area (Å²) in [6.07, 6.45) is 0. The number of amides is 2. The number of benzene rings is 1. The van der Waals surface area contributed by atoms with Gasteiger partial charge >= 0.3 is 12.0 Å². The molecule has 0 aliphatic carbocycles. The molecule has 0 saturated heterocycles. The predicted octanol–water partition coefficient (Wildman–Crippen LogP) is 1.18. The van der Waals surface area contributed by atoms with Gasteiger partial charge in [-0.25, -0.2) is 22.7 Å². The van der Waals surface area contributed by atoms with Crippen molar-refractivity contribution in [1.29, 1.82) is 0 Å².